The van der Waals surface area contributed by atoms with Gasteiger partial charge in [0, 0.05) is 18.7 Å². The number of halogens is 1. The summed E-state index contributed by atoms with van der Waals surface area (Å²) in [7, 11) is 0. The van der Waals surface area contributed by atoms with E-state index in [9.17, 15) is 9.18 Å². The third-order valence-electron chi connectivity index (χ3n) is 4.59. The molecule has 31 heavy (non-hydrogen) atoms. The lowest BCUT2D eigenvalue weighted by Gasteiger charge is -2.06. The van der Waals surface area contributed by atoms with Crippen LogP contribution in [0.3, 0.4) is 0 Å². The van der Waals surface area contributed by atoms with Crippen LogP contribution in [-0.2, 0) is 11.3 Å². The summed E-state index contributed by atoms with van der Waals surface area (Å²) in [5.41, 5.74) is 1.27. The predicted molar refractivity (Wildman–Crippen MR) is 119 cm³/mol. The monoisotopic (exact) mass is 436 g/mol. The van der Waals surface area contributed by atoms with E-state index in [2.05, 4.69) is 4.99 Å². The minimum atomic E-state index is -0.372. The van der Waals surface area contributed by atoms with Gasteiger partial charge in [0.25, 0.3) is 5.91 Å². The lowest BCUT2D eigenvalue weighted by atomic mass is 10.2. The van der Waals surface area contributed by atoms with Crippen LogP contribution in [0, 0.1) is 5.82 Å². The van der Waals surface area contributed by atoms with Gasteiger partial charge in [0.15, 0.2) is 4.80 Å². The number of thiazole rings is 1. The van der Waals surface area contributed by atoms with Crippen molar-refractivity contribution in [2.24, 2.45) is 4.99 Å². The summed E-state index contributed by atoms with van der Waals surface area (Å²) < 4.78 is 27.5. The molecule has 0 atom stereocenters. The van der Waals surface area contributed by atoms with Crippen LogP contribution in [0.2, 0.25) is 0 Å². The van der Waals surface area contributed by atoms with Crippen LogP contribution >= 0.6 is 11.3 Å². The summed E-state index contributed by atoms with van der Waals surface area (Å²) in [6.45, 7) is 3.52. The molecule has 0 spiro atoms. The first kappa shape index (κ1) is 21.0. The minimum Gasteiger partial charge on any atom is -0.457 e. The molecular weight excluding hydrogens is 415 g/mol. The first-order valence-electron chi connectivity index (χ1n) is 9.92. The Kier molecular flexibility index (Phi) is 6.54. The Balaban J connectivity index is 1.61. The molecule has 1 amide bonds. The lowest BCUT2D eigenvalue weighted by Crippen LogP contribution is -2.19. The van der Waals surface area contributed by atoms with Gasteiger partial charge < -0.3 is 14.0 Å². The number of hydrogen-bond acceptors (Lipinski definition) is 4. The average Bonchev–Trinajstić information content (AvgIpc) is 3.11. The van der Waals surface area contributed by atoms with Crippen LogP contribution in [0.4, 0.5) is 4.39 Å². The number of nitrogens with zero attached hydrogens (tertiary/aromatic N) is 2. The highest BCUT2D eigenvalue weighted by Crippen LogP contribution is 2.22. The van der Waals surface area contributed by atoms with E-state index < -0.39 is 0 Å². The van der Waals surface area contributed by atoms with Gasteiger partial charge in [-0.05, 0) is 61.5 Å². The molecule has 0 fully saturated rings. The smallest absolute Gasteiger partial charge is 0.279 e. The zero-order valence-corrected chi connectivity index (χ0v) is 17.8. The van der Waals surface area contributed by atoms with Crippen molar-refractivity contribution in [1.82, 2.24) is 4.57 Å². The fraction of sp³-hybridized carbons (Fsp3) is 0.167. The molecule has 0 aliphatic carbocycles. The van der Waals surface area contributed by atoms with Crippen molar-refractivity contribution in [3.63, 3.8) is 0 Å². The van der Waals surface area contributed by atoms with E-state index >= 15 is 0 Å². The molecule has 0 bridgehead atoms. The summed E-state index contributed by atoms with van der Waals surface area (Å²) in [4.78, 5) is 17.6. The van der Waals surface area contributed by atoms with Crippen LogP contribution in [0.5, 0.6) is 11.5 Å². The van der Waals surface area contributed by atoms with Crippen LogP contribution < -0.4 is 9.54 Å². The zero-order valence-electron chi connectivity index (χ0n) is 17.0. The summed E-state index contributed by atoms with van der Waals surface area (Å²) >= 11 is 1.28. The molecule has 0 aliphatic heterocycles. The van der Waals surface area contributed by atoms with Crippen molar-refractivity contribution in [2.45, 2.75) is 13.5 Å². The van der Waals surface area contributed by atoms with E-state index in [1.807, 2.05) is 41.8 Å². The average molecular weight is 437 g/mol. The van der Waals surface area contributed by atoms with Gasteiger partial charge in [-0.2, -0.15) is 4.99 Å². The Morgan fingerprint density at radius 1 is 1.03 bits per heavy atom. The second-order valence-electron chi connectivity index (χ2n) is 6.70. The second-order valence-corrected chi connectivity index (χ2v) is 7.71. The molecule has 7 heteroatoms. The minimum absolute atomic E-state index is 0.322. The van der Waals surface area contributed by atoms with Gasteiger partial charge in [0.2, 0.25) is 0 Å². The number of benzene rings is 3. The molecule has 1 aromatic heterocycles. The van der Waals surface area contributed by atoms with E-state index in [1.165, 1.54) is 23.5 Å². The summed E-state index contributed by atoms with van der Waals surface area (Å²) in [5.74, 6) is 0.659. The van der Waals surface area contributed by atoms with Crippen molar-refractivity contribution >= 4 is 27.5 Å². The number of para-hydroxylation sites is 1. The highest BCUT2D eigenvalue weighted by molar-refractivity contribution is 7.16. The zero-order chi connectivity index (χ0) is 21.6. The number of fused-ring (bicyclic) bond motifs is 1. The molecule has 0 N–H and O–H groups in total. The highest BCUT2D eigenvalue weighted by Gasteiger charge is 2.10. The van der Waals surface area contributed by atoms with Gasteiger partial charge in [-0.25, -0.2) is 4.39 Å². The molecule has 0 radical (unpaired) electrons. The van der Waals surface area contributed by atoms with Gasteiger partial charge in [-0.3, -0.25) is 4.79 Å². The molecule has 0 aliphatic rings. The number of carbonyl (C=O) groups is 1. The number of rotatable bonds is 7. The molecular formula is C24H21FN2O3S. The van der Waals surface area contributed by atoms with E-state index in [1.54, 1.807) is 30.3 Å². The Bertz CT molecular complexity index is 1250. The first-order chi connectivity index (χ1) is 15.1. The van der Waals surface area contributed by atoms with Crippen molar-refractivity contribution < 1.29 is 18.7 Å². The molecule has 3 aromatic carbocycles. The molecule has 0 unspecified atom stereocenters. The summed E-state index contributed by atoms with van der Waals surface area (Å²) in [5, 5.41) is 0. The Labute approximate surface area is 183 Å². The van der Waals surface area contributed by atoms with Gasteiger partial charge >= 0.3 is 0 Å². The number of carbonyl (C=O) groups excluding carboxylic acids is 1. The summed E-state index contributed by atoms with van der Waals surface area (Å²) in [6, 6.07) is 20.8. The third-order valence-corrected chi connectivity index (χ3v) is 5.63. The molecule has 158 valence electrons. The van der Waals surface area contributed by atoms with Crippen LogP contribution in [-0.4, -0.2) is 23.7 Å². The SMILES string of the molecule is CCOCCn1c(=NC(=O)c2ccc(Oc3ccccc3)cc2)sc2cc(F)ccc21. The maximum Gasteiger partial charge on any atom is 0.279 e. The Hall–Kier alpha value is -3.29. The summed E-state index contributed by atoms with van der Waals surface area (Å²) in [6.07, 6.45) is 0. The standard InChI is InChI=1S/C24H21FN2O3S/c1-2-29-15-14-27-21-13-10-18(25)16-22(21)31-24(27)26-23(28)17-8-11-20(12-9-17)30-19-6-4-3-5-7-19/h3-13,16H,2,14-15H2,1H3. The Morgan fingerprint density at radius 3 is 2.52 bits per heavy atom. The molecule has 1 heterocycles. The molecule has 4 aromatic rings. The number of aromatic nitrogens is 1. The van der Waals surface area contributed by atoms with Crippen LogP contribution in [0.25, 0.3) is 10.2 Å². The van der Waals surface area contributed by atoms with Crippen molar-refractivity contribution in [1.29, 1.82) is 0 Å². The van der Waals surface area contributed by atoms with Gasteiger partial charge in [0.05, 0.1) is 16.8 Å². The van der Waals surface area contributed by atoms with Crippen LogP contribution in [0.15, 0.2) is 77.8 Å². The quantitative estimate of drug-likeness (QED) is 0.364. The number of amides is 1. The largest absolute Gasteiger partial charge is 0.457 e. The van der Waals surface area contributed by atoms with E-state index in [-0.39, 0.29) is 11.7 Å². The molecule has 0 saturated heterocycles. The second kappa shape index (κ2) is 9.68. The molecule has 0 saturated carbocycles. The maximum absolute atomic E-state index is 13.7. The van der Waals surface area contributed by atoms with Crippen molar-refractivity contribution in [3.05, 3.63) is 89.0 Å². The fourth-order valence-electron chi connectivity index (χ4n) is 3.09. The predicted octanol–water partition coefficient (Wildman–Crippen LogP) is 5.41. The van der Waals surface area contributed by atoms with Gasteiger partial charge in [0.1, 0.15) is 17.3 Å². The van der Waals surface area contributed by atoms with Crippen molar-refractivity contribution in [3.8, 4) is 11.5 Å². The topological polar surface area (TPSA) is 52.8 Å². The highest BCUT2D eigenvalue weighted by atomic mass is 32.1. The van der Waals surface area contributed by atoms with E-state index in [0.29, 0.717) is 35.9 Å². The van der Waals surface area contributed by atoms with Crippen molar-refractivity contribution in [2.75, 3.05) is 13.2 Å². The number of ether oxygens (including phenoxy) is 2. The Morgan fingerprint density at radius 2 is 1.77 bits per heavy atom. The molecule has 5 nitrogen and oxygen atoms in total. The van der Waals surface area contributed by atoms with Gasteiger partial charge in [-0.15, -0.1) is 0 Å². The first-order valence-corrected chi connectivity index (χ1v) is 10.7. The third kappa shape index (κ3) is 5.07. The maximum atomic E-state index is 13.7. The van der Waals surface area contributed by atoms with Gasteiger partial charge in [-0.1, -0.05) is 29.5 Å². The van der Waals surface area contributed by atoms with E-state index in [0.717, 1.165) is 16.0 Å². The normalized spacial score (nSPS) is 11.7. The van der Waals surface area contributed by atoms with Crippen LogP contribution in [0.1, 0.15) is 17.3 Å². The molecule has 4 rings (SSSR count). The fourth-order valence-corrected chi connectivity index (χ4v) is 4.17. The number of hydrogen-bond donors (Lipinski definition) is 0. The lowest BCUT2D eigenvalue weighted by molar-refractivity contribution is 0.0996. The van der Waals surface area contributed by atoms with E-state index in [4.69, 9.17) is 9.47 Å².